The highest BCUT2D eigenvalue weighted by molar-refractivity contribution is 6.07. The first-order valence-electron chi connectivity index (χ1n) is 8.09. The molecule has 0 saturated heterocycles. The standard InChI is InChI=1S/C19H22N4/c1-2-7-18(20)21-12-13-22-19-14-8-3-5-10-16(14)23-17-11-6-4-9-15(17)19/h3-6,8-11H,2,7,12-13H2,1H3,(H2,20,21)(H,22,23). The van der Waals surface area contributed by atoms with Crippen LogP contribution in [0.4, 0.5) is 5.69 Å². The number of para-hydroxylation sites is 2. The van der Waals surface area contributed by atoms with E-state index >= 15 is 0 Å². The lowest BCUT2D eigenvalue weighted by molar-refractivity contribution is 0.950. The topological polar surface area (TPSA) is 63.3 Å². The molecule has 3 N–H and O–H groups in total. The van der Waals surface area contributed by atoms with E-state index in [2.05, 4.69) is 29.4 Å². The summed E-state index contributed by atoms with van der Waals surface area (Å²) in [6.45, 7) is 3.54. The maximum absolute atomic E-state index is 5.86. The van der Waals surface area contributed by atoms with Crippen LogP contribution in [0.25, 0.3) is 21.8 Å². The summed E-state index contributed by atoms with van der Waals surface area (Å²) in [7, 11) is 0. The van der Waals surface area contributed by atoms with Crippen molar-refractivity contribution < 1.29 is 0 Å². The molecular weight excluding hydrogens is 284 g/mol. The number of aliphatic imine (C=N–C) groups is 1. The van der Waals surface area contributed by atoms with Crippen LogP contribution in [-0.2, 0) is 0 Å². The van der Waals surface area contributed by atoms with Gasteiger partial charge in [-0.3, -0.25) is 4.99 Å². The number of pyridine rings is 1. The van der Waals surface area contributed by atoms with Crippen LogP contribution in [0.1, 0.15) is 19.8 Å². The van der Waals surface area contributed by atoms with Gasteiger partial charge in [0.05, 0.1) is 29.1 Å². The second-order valence-corrected chi connectivity index (χ2v) is 5.57. The summed E-state index contributed by atoms with van der Waals surface area (Å²) in [5, 5.41) is 5.80. The second kappa shape index (κ2) is 7.09. The summed E-state index contributed by atoms with van der Waals surface area (Å²) in [4.78, 5) is 9.14. The third-order valence-corrected chi connectivity index (χ3v) is 3.82. The molecule has 0 bridgehead atoms. The predicted octanol–water partition coefficient (Wildman–Crippen LogP) is 3.96. The number of nitrogens with two attached hydrogens (primary N) is 1. The zero-order valence-electron chi connectivity index (χ0n) is 13.4. The van der Waals surface area contributed by atoms with Gasteiger partial charge in [0.1, 0.15) is 0 Å². The van der Waals surface area contributed by atoms with Gasteiger partial charge in [-0.2, -0.15) is 0 Å². The SMILES string of the molecule is CCCC(N)=NCCNc1c2ccccc2nc2ccccc12. The Morgan fingerprint density at radius 2 is 1.65 bits per heavy atom. The van der Waals surface area contributed by atoms with Crippen LogP contribution in [0.2, 0.25) is 0 Å². The second-order valence-electron chi connectivity index (χ2n) is 5.57. The lowest BCUT2D eigenvalue weighted by atomic mass is 10.1. The van der Waals surface area contributed by atoms with E-state index in [0.717, 1.165) is 52.7 Å². The van der Waals surface area contributed by atoms with Crippen LogP contribution in [-0.4, -0.2) is 23.9 Å². The summed E-state index contributed by atoms with van der Waals surface area (Å²) in [5.41, 5.74) is 8.98. The van der Waals surface area contributed by atoms with Gasteiger partial charge in [0.2, 0.25) is 0 Å². The quantitative estimate of drug-likeness (QED) is 0.313. The van der Waals surface area contributed by atoms with E-state index in [1.54, 1.807) is 0 Å². The first-order valence-corrected chi connectivity index (χ1v) is 8.09. The minimum absolute atomic E-state index is 0.677. The van der Waals surface area contributed by atoms with Gasteiger partial charge < -0.3 is 11.1 Å². The molecule has 1 aromatic heterocycles. The fraction of sp³-hybridized carbons (Fsp3) is 0.263. The molecule has 0 aliphatic heterocycles. The molecule has 1 heterocycles. The Bertz CT molecular complexity index is 785. The predicted molar refractivity (Wildman–Crippen MR) is 99.1 cm³/mol. The van der Waals surface area contributed by atoms with E-state index in [9.17, 15) is 0 Å². The van der Waals surface area contributed by atoms with Gasteiger partial charge in [0.25, 0.3) is 0 Å². The lowest BCUT2D eigenvalue weighted by Gasteiger charge is -2.12. The molecule has 0 atom stereocenters. The molecule has 0 spiro atoms. The number of hydrogen-bond donors (Lipinski definition) is 2. The van der Waals surface area contributed by atoms with Crippen LogP contribution < -0.4 is 11.1 Å². The van der Waals surface area contributed by atoms with Crippen molar-refractivity contribution >= 4 is 33.3 Å². The Labute approximate surface area is 136 Å². The molecule has 0 fully saturated rings. The van der Waals surface area contributed by atoms with Crippen LogP contribution >= 0.6 is 0 Å². The minimum atomic E-state index is 0.677. The number of amidine groups is 1. The maximum atomic E-state index is 5.86. The molecule has 4 heteroatoms. The van der Waals surface area contributed by atoms with Crippen LogP contribution in [0, 0.1) is 0 Å². The third kappa shape index (κ3) is 3.42. The van der Waals surface area contributed by atoms with Crippen LogP contribution in [0.5, 0.6) is 0 Å². The van der Waals surface area contributed by atoms with Gasteiger partial charge in [0, 0.05) is 23.7 Å². The molecule has 0 saturated carbocycles. The number of nitrogens with one attached hydrogen (secondary N) is 1. The normalized spacial score (nSPS) is 12.0. The summed E-state index contributed by atoms with van der Waals surface area (Å²) in [6, 6.07) is 16.4. The smallest absolute Gasteiger partial charge is 0.0937 e. The van der Waals surface area contributed by atoms with Crippen LogP contribution in [0.3, 0.4) is 0 Å². The first-order chi connectivity index (χ1) is 11.3. The monoisotopic (exact) mass is 306 g/mol. The molecule has 0 aliphatic carbocycles. The molecule has 0 aliphatic rings. The van der Waals surface area contributed by atoms with E-state index in [-0.39, 0.29) is 0 Å². The minimum Gasteiger partial charge on any atom is -0.387 e. The van der Waals surface area contributed by atoms with Crippen molar-refractivity contribution in [1.82, 2.24) is 4.98 Å². The average molecular weight is 306 g/mol. The number of fused-ring (bicyclic) bond motifs is 2. The molecule has 3 rings (SSSR count). The van der Waals surface area contributed by atoms with Crippen molar-refractivity contribution in [2.45, 2.75) is 19.8 Å². The Morgan fingerprint density at radius 3 is 2.26 bits per heavy atom. The van der Waals surface area contributed by atoms with Crippen molar-refractivity contribution in [3.63, 3.8) is 0 Å². The molecule has 23 heavy (non-hydrogen) atoms. The number of rotatable bonds is 6. The summed E-state index contributed by atoms with van der Waals surface area (Å²) < 4.78 is 0. The third-order valence-electron chi connectivity index (χ3n) is 3.82. The average Bonchev–Trinajstić information content (AvgIpc) is 2.58. The zero-order valence-corrected chi connectivity index (χ0v) is 13.4. The van der Waals surface area contributed by atoms with E-state index < -0.39 is 0 Å². The maximum Gasteiger partial charge on any atom is 0.0937 e. The molecular formula is C19H22N4. The molecule has 0 amide bonds. The fourth-order valence-electron chi connectivity index (χ4n) is 2.75. The summed E-state index contributed by atoms with van der Waals surface area (Å²) in [5.74, 6) is 0.735. The van der Waals surface area contributed by atoms with Crippen molar-refractivity contribution in [2.75, 3.05) is 18.4 Å². The van der Waals surface area contributed by atoms with E-state index in [1.807, 2.05) is 36.4 Å². The Kier molecular flexibility index (Phi) is 4.71. The van der Waals surface area contributed by atoms with Gasteiger partial charge in [-0.25, -0.2) is 4.98 Å². The Hall–Kier alpha value is -2.62. The molecule has 2 aromatic carbocycles. The highest BCUT2D eigenvalue weighted by Crippen LogP contribution is 2.30. The number of anilines is 1. The summed E-state index contributed by atoms with van der Waals surface area (Å²) >= 11 is 0. The van der Waals surface area contributed by atoms with Gasteiger partial charge in [0.15, 0.2) is 0 Å². The van der Waals surface area contributed by atoms with E-state index in [4.69, 9.17) is 10.7 Å². The lowest BCUT2D eigenvalue weighted by Crippen LogP contribution is -2.14. The van der Waals surface area contributed by atoms with Gasteiger partial charge in [-0.15, -0.1) is 0 Å². The number of aromatic nitrogens is 1. The zero-order chi connectivity index (χ0) is 16.1. The van der Waals surface area contributed by atoms with Gasteiger partial charge in [-0.1, -0.05) is 43.3 Å². The molecule has 118 valence electrons. The molecule has 4 nitrogen and oxygen atoms in total. The number of benzene rings is 2. The van der Waals surface area contributed by atoms with Gasteiger partial charge in [-0.05, 0) is 18.6 Å². The van der Waals surface area contributed by atoms with Crippen molar-refractivity contribution in [2.24, 2.45) is 10.7 Å². The molecule has 3 aromatic rings. The highest BCUT2D eigenvalue weighted by atomic mass is 14.9. The van der Waals surface area contributed by atoms with Crippen molar-refractivity contribution in [3.8, 4) is 0 Å². The number of hydrogen-bond acceptors (Lipinski definition) is 3. The molecule has 0 radical (unpaired) electrons. The Balaban J connectivity index is 1.90. The Morgan fingerprint density at radius 1 is 1.04 bits per heavy atom. The summed E-state index contributed by atoms with van der Waals surface area (Å²) in [6.07, 6.45) is 1.89. The molecule has 0 unspecified atom stereocenters. The highest BCUT2D eigenvalue weighted by Gasteiger charge is 2.07. The van der Waals surface area contributed by atoms with Crippen molar-refractivity contribution in [1.29, 1.82) is 0 Å². The fourth-order valence-corrected chi connectivity index (χ4v) is 2.75. The van der Waals surface area contributed by atoms with Crippen molar-refractivity contribution in [3.05, 3.63) is 48.5 Å². The number of nitrogens with zero attached hydrogens (tertiary/aromatic N) is 2. The van der Waals surface area contributed by atoms with Gasteiger partial charge >= 0.3 is 0 Å². The first kappa shape index (κ1) is 15.3. The van der Waals surface area contributed by atoms with E-state index in [0.29, 0.717) is 6.54 Å². The largest absolute Gasteiger partial charge is 0.387 e. The van der Waals surface area contributed by atoms with Crippen LogP contribution in [0.15, 0.2) is 53.5 Å². The van der Waals surface area contributed by atoms with E-state index in [1.165, 1.54) is 0 Å².